The Balaban J connectivity index is 2.30. The molecule has 1 aromatic rings. The van der Waals surface area contributed by atoms with Crippen LogP contribution in [0.4, 0.5) is 0 Å². The summed E-state index contributed by atoms with van der Waals surface area (Å²) < 4.78 is 26.9. The lowest BCUT2D eigenvalue weighted by Crippen LogP contribution is -2.33. The second-order valence-corrected chi connectivity index (χ2v) is 7.97. The summed E-state index contributed by atoms with van der Waals surface area (Å²) in [6, 6.07) is 3.46. The van der Waals surface area contributed by atoms with Crippen molar-refractivity contribution in [3.8, 4) is 0 Å². The molecule has 0 unspecified atom stereocenters. The minimum Gasteiger partial charge on any atom is -0.389 e. The zero-order chi connectivity index (χ0) is 13.3. The van der Waals surface area contributed by atoms with Crippen molar-refractivity contribution in [3.05, 3.63) is 17.0 Å². The number of nitrogens with two attached hydrogens (primary N) is 1. The maximum Gasteiger partial charge on any atom is 0.252 e. The van der Waals surface area contributed by atoms with Crippen LogP contribution in [0.5, 0.6) is 0 Å². The quantitative estimate of drug-likeness (QED) is 0.816. The first kappa shape index (κ1) is 13.9. The fraction of sp³-hybridized carbons (Fsp3) is 0.545. The Labute approximate surface area is 117 Å². The summed E-state index contributed by atoms with van der Waals surface area (Å²) in [7, 11) is -3.38. The smallest absolute Gasteiger partial charge is 0.252 e. The molecule has 1 aliphatic rings. The lowest BCUT2D eigenvalue weighted by molar-refractivity contribution is 0.404. The Kier molecular flexibility index (Phi) is 4.05. The summed E-state index contributed by atoms with van der Waals surface area (Å²) in [6.45, 7) is 2.56. The van der Waals surface area contributed by atoms with Crippen LogP contribution in [-0.4, -0.2) is 30.3 Å². The van der Waals surface area contributed by atoms with E-state index in [-0.39, 0.29) is 11.0 Å². The van der Waals surface area contributed by atoms with Crippen molar-refractivity contribution in [3.63, 3.8) is 0 Å². The Hall–Kier alpha value is -0.500. The topological polar surface area (TPSA) is 63.4 Å². The van der Waals surface area contributed by atoms with Crippen molar-refractivity contribution in [2.45, 2.75) is 36.4 Å². The maximum atomic E-state index is 12.5. The van der Waals surface area contributed by atoms with Crippen molar-refractivity contribution >= 4 is 38.6 Å². The highest BCUT2D eigenvalue weighted by Gasteiger charge is 2.38. The second kappa shape index (κ2) is 5.24. The molecule has 1 saturated carbocycles. The Morgan fingerprint density at radius 1 is 1.56 bits per heavy atom. The van der Waals surface area contributed by atoms with Gasteiger partial charge in [0, 0.05) is 12.6 Å². The molecule has 0 radical (unpaired) electrons. The summed E-state index contributed by atoms with van der Waals surface area (Å²) in [5, 5.41) is 0. The van der Waals surface area contributed by atoms with Crippen LogP contribution in [-0.2, 0) is 10.0 Å². The van der Waals surface area contributed by atoms with Gasteiger partial charge in [-0.2, -0.15) is 4.31 Å². The monoisotopic (exact) mass is 304 g/mol. The van der Waals surface area contributed by atoms with E-state index in [9.17, 15) is 8.42 Å². The Morgan fingerprint density at radius 2 is 2.22 bits per heavy atom. The molecule has 2 N–H and O–H groups in total. The highest BCUT2D eigenvalue weighted by Crippen LogP contribution is 2.34. The molecule has 2 rings (SSSR count). The largest absolute Gasteiger partial charge is 0.389 e. The van der Waals surface area contributed by atoms with Crippen LogP contribution in [0, 0.1) is 0 Å². The molecule has 0 aliphatic heterocycles. The first-order valence-corrected chi connectivity index (χ1v) is 8.54. The molecule has 1 aliphatic carbocycles. The van der Waals surface area contributed by atoms with Crippen LogP contribution in [0.3, 0.4) is 0 Å². The van der Waals surface area contributed by atoms with E-state index < -0.39 is 10.0 Å². The molecule has 0 atom stereocenters. The SMILES string of the molecule is CCCN(C1CC1)S(=O)(=O)c1ccc(C(N)=S)s1. The first-order valence-electron chi connectivity index (χ1n) is 5.88. The lowest BCUT2D eigenvalue weighted by atomic mass is 10.5. The van der Waals surface area contributed by atoms with Crippen molar-refractivity contribution in [1.82, 2.24) is 4.31 Å². The van der Waals surface area contributed by atoms with E-state index in [1.165, 1.54) is 0 Å². The molecular formula is C11H16N2O2S3. The van der Waals surface area contributed by atoms with Gasteiger partial charge in [-0.05, 0) is 31.4 Å². The van der Waals surface area contributed by atoms with Crippen molar-refractivity contribution < 1.29 is 8.42 Å². The number of thiocarbonyl (C=S) groups is 1. The van der Waals surface area contributed by atoms with Gasteiger partial charge in [0.15, 0.2) is 0 Å². The van der Waals surface area contributed by atoms with Gasteiger partial charge in [0.05, 0.1) is 4.88 Å². The maximum absolute atomic E-state index is 12.5. The van der Waals surface area contributed by atoms with Crippen LogP contribution >= 0.6 is 23.6 Å². The van der Waals surface area contributed by atoms with Crippen molar-refractivity contribution in [1.29, 1.82) is 0 Å². The van der Waals surface area contributed by atoms with Crippen LogP contribution in [0.1, 0.15) is 31.1 Å². The number of nitrogens with zero attached hydrogens (tertiary/aromatic N) is 1. The standard InChI is InChI=1S/C11H16N2O2S3/c1-2-7-13(8-3-4-8)18(14,15)10-6-5-9(17-10)11(12)16/h5-6,8H,2-4,7H2,1H3,(H2,12,16). The Bertz CT molecular complexity index is 546. The summed E-state index contributed by atoms with van der Waals surface area (Å²) in [5.41, 5.74) is 5.51. The molecule has 4 nitrogen and oxygen atoms in total. The molecular weight excluding hydrogens is 288 g/mol. The molecule has 1 aromatic heterocycles. The van der Waals surface area contributed by atoms with E-state index in [0.29, 0.717) is 15.6 Å². The molecule has 0 bridgehead atoms. The van der Waals surface area contributed by atoms with E-state index in [1.807, 2.05) is 6.92 Å². The summed E-state index contributed by atoms with van der Waals surface area (Å²) in [4.78, 5) is 0.894. The molecule has 0 amide bonds. The van der Waals surface area contributed by atoms with Crippen molar-refractivity contribution in [2.24, 2.45) is 5.73 Å². The molecule has 18 heavy (non-hydrogen) atoms. The van der Waals surface area contributed by atoms with E-state index in [2.05, 4.69) is 0 Å². The van der Waals surface area contributed by atoms with Gasteiger partial charge in [0.25, 0.3) is 10.0 Å². The molecule has 100 valence electrons. The first-order chi connectivity index (χ1) is 8.46. The third-order valence-electron chi connectivity index (χ3n) is 2.79. The normalized spacial score (nSPS) is 16.1. The average Bonchev–Trinajstić information content (AvgIpc) is 2.99. The van der Waals surface area contributed by atoms with Gasteiger partial charge < -0.3 is 5.73 Å². The molecule has 1 heterocycles. The van der Waals surface area contributed by atoms with Crippen LogP contribution in [0.15, 0.2) is 16.3 Å². The van der Waals surface area contributed by atoms with Gasteiger partial charge in [0.2, 0.25) is 0 Å². The molecule has 1 fully saturated rings. The Morgan fingerprint density at radius 3 is 2.67 bits per heavy atom. The molecule has 0 aromatic carbocycles. The predicted octanol–water partition coefficient (Wildman–Crippen LogP) is 1.95. The second-order valence-electron chi connectivity index (χ2n) is 4.33. The summed E-state index contributed by atoms with van der Waals surface area (Å²) in [6.07, 6.45) is 2.75. The number of thiophene rings is 1. The predicted molar refractivity (Wildman–Crippen MR) is 77.4 cm³/mol. The highest BCUT2D eigenvalue weighted by molar-refractivity contribution is 7.91. The molecule has 7 heteroatoms. The fourth-order valence-corrected chi connectivity index (χ4v) is 5.05. The van der Waals surface area contributed by atoms with Gasteiger partial charge in [-0.25, -0.2) is 8.42 Å². The summed E-state index contributed by atoms with van der Waals surface area (Å²) in [5.74, 6) is 0. The van der Waals surface area contributed by atoms with Crippen LogP contribution < -0.4 is 5.73 Å². The number of rotatable bonds is 6. The number of sulfonamides is 1. The fourth-order valence-electron chi connectivity index (χ4n) is 1.79. The number of hydrogen-bond donors (Lipinski definition) is 1. The zero-order valence-corrected chi connectivity index (χ0v) is 12.6. The minimum absolute atomic E-state index is 0.185. The summed E-state index contributed by atoms with van der Waals surface area (Å²) >= 11 is 6.01. The third kappa shape index (κ3) is 2.74. The van der Waals surface area contributed by atoms with E-state index in [0.717, 1.165) is 30.6 Å². The van der Waals surface area contributed by atoms with Gasteiger partial charge in [-0.1, -0.05) is 19.1 Å². The van der Waals surface area contributed by atoms with Crippen LogP contribution in [0.25, 0.3) is 0 Å². The number of hydrogen-bond acceptors (Lipinski definition) is 4. The van der Waals surface area contributed by atoms with Crippen molar-refractivity contribution in [2.75, 3.05) is 6.54 Å². The van der Waals surface area contributed by atoms with Gasteiger partial charge >= 0.3 is 0 Å². The van der Waals surface area contributed by atoms with E-state index >= 15 is 0 Å². The van der Waals surface area contributed by atoms with E-state index in [1.54, 1.807) is 16.4 Å². The van der Waals surface area contributed by atoms with Crippen LogP contribution in [0.2, 0.25) is 0 Å². The van der Waals surface area contributed by atoms with E-state index in [4.69, 9.17) is 18.0 Å². The average molecular weight is 304 g/mol. The third-order valence-corrected chi connectivity index (χ3v) is 6.67. The van der Waals surface area contributed by atoms with Gasteiger partial charge in [-0.3, -0.25) is 0 Å². The van der Waals surface area contributed by atoms with Gasteiger partial charge in [0.1, 0.15) is 9.20 Å². The molecule has 0 saturated heterocycles. The van der Waals surface area contributed by atoms with Gasteiger partial charge in [-0.15, -0.1) is 11.3 Å². The zero-order valence-electron chi connectivity index (χ0n) is 10.1. The highest BCUT2D eigenvalue weighted by atomic mass is 32.2. The lowest BCUT2D eigenvalue weighted by Gasteiger charge is -2.19. The molecule has 0 spiro atoms. The minimum atomic E-state index is -3.38.